The van der Waals surface area contributed by atoms with Crippen molar-refractivity contribution in [2.45, 2.75) is 58.2 Å². The summed E-state index contributed by atoms with van der Waals surface area (Å²) in [5, 5.41) is 0.699. The number of hydrogen-bond acceptors (Lipinski definition) is 4. The second-order valence-corrected chi connectivity index (χ2v) is 9.67. The van der Waals surface area contributed by atoms with Crippen LogP contribution in [0.2, 0.25) is 5.02 Å². The van der Waals surface area contributed by atoms with E-state index in [2.05, 4.69) is 4.57 Å². The Morgan fingerprint density at radius 1 is 1.16 bits per heavy atom. The zero-order valence-electron chi connectivity index (χ0n) is 18.9. The lowest BCUT2D eigenvalue weighted by Gasteiger charge is -2.36. The number of ether oxygens (including phenoxy) is 2. The van der Waals surface area contributed by atoms with Crippen LogP contribution < -0.4 is 4.74 Å². The van der Waals surface area contributed by atoms with Gasteiger partial charge in [-0.2, -0.15) is 4.98 Å². The first-order valence-electron chi connectivity index (χ1n) is 11.1. The number of benzene rings is 2. The van der Waals surface area contributed by atoms with Crippen molar-refractivity contribution >= 4 is 28.7 Å². The van der Waals surface area contributed by atoms with Crippen LogP contribution in [0.5, 0.6) is 6.01 Å². The molecule has 4 rings (SSSR count). The van der Waals surface area contributed by atoms with Crippen molar-refractivity contribution < 1.29 is 14.3 Å². The first kappa shape index (κ1) is 22.5. The van der Waals surface area contributed by atoms with E-state index in [0.717, 1.165) is 35.9 Å². The van der Waals surface area contributed by atoms with Crippen molar-refractivity contribution in [3.8, 4) is 6.01 Å². The van der Waals surface area contributed by atoms with E-state index in [0.29, 0.717) is 30.7 Å². The fraction of sp³-hybridized carbons (Fsp3) is 0.440. The summed E-state index contributed by atoms with van der Waals surface area (Å²) in [7, 11) is 0. The lowest BCUT2D eigenvalue weighted by atomic mass is 10.0. The van der Waals surface area contributed by atoms with Gasteiger partial charge in [0.1, 0.15) is 12.2 Å². The molecular formula is C25H30ClN3O3. The van der Waals surface area contributed by atoms with Gasteiger partial charge in [-0.25, -0.2) is 4.79 Å². The average Bonchev–Trinajstić information content (AvgIpc) is 3.09. The largest absolute Gasteiger partial charge is 0.462 e. The molecule has 3 aromatic rings. The van der Waals surface area contributed by atoms with Crippen molar-refractivity contribution in [2.24, 2.45) is 0 Å². The Morgan fingerprint density at radius 2 is 1.97 bits per heavy atom. The molecule has 1 aromatic heterocycles. The fourth-order valence-electron chi connectivity index (χ4n) is 4.04. The zero-order chi connectivity index (χ0) is 22.7. The number of nitrogens with zero attached hydrogens (tertiary/aromatic N) is 3. The van der Waals surface area contributed by atoms with Crippen LogP contribution in [0, 0.1) is 0 Å². The summed E-state index contributed by atoms with van der Waals surface area (Å²) in [6, 6.07) is 16.3. The van der Waals surface area contributed by atoms with Crippen molar-refractivity contribution in [3.05, 3.63) is 59.1 Å². The van der Waals surface area contributed by atoms with Gasteiger partial charge in [-0.3, -0.25) is 4.57 Å². The van der Waals surface area contributed by atoms with Gasteiger partial charge in [0.25, 0.3) is 6.01 Å². The molecule has 2 aromatic carbocycles. The Labute approximate surface area is 194 Å². The lowest BCUT2D eigenvalue weighted by Crippen LogP contribution is -2.48. The Balaban J connectivity index is 1.55. The highest BCUT2D eigenvalue weighted by molar-refractivity contribution is 6.30. The number of rotatable bonds is 5. The number of halogens is 1. The molecule has 170 valence electrons. The monoisotopic (exact) mass is 455 g/mol. The van der Waals surface area contributed by atoms with Crippen molar-refractivity contribution in [1.82, 2.24) is 14.5 Å². The van der Waals surface area contributed by atoms with Crippen LogP contribution in [0.4, 0.5) is 4.79 Å². The Hall–Kier alpha value is -2.73. The van der Waals surface area contributed by atoms with E-state index in [1.54, 1.807) is 4.90 Å². The maximum atomic E-state index is 12.7. The van der Waals surface area contributed by atoms with Crippen molar-refractivity contribution in [1.29, 1.82) is 0 Å². The van der Waals surface area contributed by atoms with Crippen LogP contribution in [0.15, 0.2) is 48.5 Å². The molecule has 0 saturated carbocycles. The number of hydrogen-bond donors (Lipinski definition) is 0. The highest BCUT2D eigenvalue weighted by atomic mass is 35.5. The second kappa shape index (κ2) is 9.41. The molecule has 0 unspecified atom stereocenters. The maximum Gasteiger partial charge on any atom is 0.410 e. The third kappa shape index (κ3) is 5.36. The molecule has 32 heavy (non-hydrogen) atoms. The second-order valence-electron chi connectivity index (χ2n) is 9.23. The fourth-order valence-corrected chi connectivity index (χ4v) is 4.25. The smallest absolute Gasteiger partial charge is 0.410 e. The molecule has 1 atom stereocenters. The zero-order valence-corrected chi connectivity index (χ0v) is 19.6. The van der Waals surface area contributed by atoms with Crippen LogP contribution >= 0.6 is 11.6 Å². The molecule has 7 heteroatoms. The van der Waals surface area contributed by atoms with Gasteiger partial charge < -0.3 is 14.4 Å². The van der Waals surface area contributed by atoms with Gasteiger partial charge >= 0.3 is 6.09 Å². The van der Waals surface area contributed by atoms with Crippen LogP contribution in [0.3, 0.4) is 0 Å². The Bertz CT molecular complexity index is 1090. The molecule has 1 aliphatic heterocycles. The highest BCUT2D eigenvalue weighted by Gasteiger charge is 2.31. The standard InChI is InChI=1S/C25H30ClN3O3/c1-25(2,3)32-24(30)28-14-7-6-11-20(28)17-31-23-27-21-12-4-5-13-22(21)29(23)16-18-9-8-10-19(26)15-18/h4-5,8-10,12-13,15,20H,6-7,11,14,16-17H2,1-3H3/t20-/m0/s1. The number of para-hydroxylation sites is 2. The number of piperidine rings is 1. The van der Waals surface area contributed by atoms with E-state index in [-0.39, 0.29) is 12.1 Å². The van der Waals surface area contributed by atoms with Gasteiger partial charge in [-0.1, -0.05) is 35.9 Å². The van der Waals surface area contributed by atoms with Gasteiger partial charge in [-0.05, 0) is 69.9 Å². The third-order valence-electron chi connectivity index (χ3n) is 5.51. The summed E-state index contributed by atoms with van der Waals surface area (Å²) in [5.41, 5.74) is 2.41. The topological polar surface area (TPSA) is 56.6 Å². The van der Waals surface area contributed by atoms with Crippen LogP contribution in [0.1, 0.15) is 45.6 Å². The molecule has 0 radical (unpaired) electrons. The molecule has 0 bridgehead atoms. The molecule has 1 amide bonds. The Kier molecular flexibility index (Phi) is 6.60. The summed E-state index contributed by atoms with van der Waals surface area (Å²) in [6.45, 7) is 7.31. The van der Waals surface area contributed by atoms with Crippen molar-refractivity contribution in [2.75, 3.05) is 13.2 Å². The summed E-state index contributed by atoms with van der Waals surface area (Å²) in [5.74, 6) is 0. The van der Waals surface area contributed by atoms with E-state index in [1.165, 1.54) is 0 Å². The molecule has 6 nitrogen and oxygen atoms in total. The molecule has 2 heterocycles. The molecule has 0 spiro atoms. The van der Waals surface area contributed by atoms with Gasteiger partial charge in [0.05, 0.1) is 23.6 Å². The molecule has 0 aliphatic carbocycles. The third-order valence-corrected chi connectivity index (χ3v) is 5.74. The first-order valence-corrected chi connectivity index (χ1v) is 11.5. The number of carbonyl (C=O) groups is 1. The maximum absolute atomic E-state index is 12.7. The minimum atomic E-state index is -0.523. The Morgan fingerprint density at radius 3 is 2.75 bits per heavy atom. The number of likely N-dealkylation sites (tertiary alicyclic amines) is 1. The van der Waals surface area contributed by atoms with Crippen LogP contribution in [0.25, 0.3) is 11.0 Å². The SMILES string of the molecule is CC(C)(C)OC(=O)N1CCCC[C@H]1COc1nc2ccccc2n1Cc1cccc(Cl)c1. The van der Waals surface area contributed by atoms with E-state index in [1.807, 2.05) is 69.3 Å². The van der Waals surface area contributed by atoms with E-state index in [9.17, 15) is 4.79 Å². The van der Waals surface area contributed by atoms with Crippen molar-refractivity contribution in [3.63, 3.8) is 0 Å². The minimum absolute atomic E-state index is 0.0435. The highest BCUT2D eigenvalue weighted by Crippen LogP contribution is 2.26. The van der Waals surface area contributed by atoms with Gasteiger partial charge in [0.15, 0.2) is 0 Å². The number of carbonyl (C=O) groups excluding carboxylic acids is 1. The minimum Gasteiger partial charge on any atom is -0.462 e. The van der Waals surface area contributed by atoms with Gasteiger partial charge in [0.2, 0.25) is 0 Å². The van der Waals surface area contributed by atoms with Gasteiger partial charge in [0, 0.05) is 11.6 Å². The summed E-state index contributed by atoms with van der Waals surface area (Å²) in [6.07, 6.45) is 2.64. The predicted molar refractivity (Wildman–Crippen MR) is 126 cm³/mol. The average molecular weight is 456 g/mol. The number of imidazole rings is 1. The normalized spacial score (nSPS) is 16.9. The number of fused-ring (bicyclic) bond motifs is 1. The number of amides is 1. The lowest BCUT2D eigenvalue weighted by molar-refractivity contribution is 0.00290. The summed E-state index contributed by atoms with van der Waals surface area (Å²) < 4.78 is 13.9. The van der Waals surface area contributed by atoms with Gasteiger partial charge in [-0.15, -0.1) is 0 Å². The van der Waals surface area contributed by atoms with E-state index < -0.39 is 5.60 Å². The number of aromatic nitrogens is 2. The molecular weight excluding hydrogens is 426 g/mol. The van der Waals surface area contributed by atoms with Crippen LogP contribution in [-0.2, 0) is 11.3 Å². The quantitative estimate of drug-likeness (QED) is 0.480. The summed E-state index contributed by atoms with van der Waals surface area (Å²) >= 11 is 6.19. The summed E-state index contributed by atoms with van der Waals surface area (Å²) in [4.78, 5) is 19.3. The van der Waals surface area contributed by atoms with E-state index >= 15 is 0 Å². The first-order chi connectivity index (χ1) is 15.3. The molecule has 1 fully saturated rings. The van der Waals surface area contributed by atoms with E-state index in [4.69, 9.17) is 26.1 Å². The molecule has 0 N–H and O–H groups in total. The predicted octanol–water partition coefficient (Wildman–Crippen LogP) is 5.91. The molecule has 1 aliphatic rings. The van der Waals surface area contributed by atoms with Crippen LogP contribution in [-0.4, -0.2) is 45.3 Å². The molecule has 1 saturated heterocycles.